The second-order valence-electron chi connectivity index (χ2n) is 4.79. The van der Waals surface area contributed by atoms with E-state index in [9.17, 15) is 14.9 Å². The molecule has 0 aliphatic carbocycles. The lowest BCUT2D eigenvalue weighted by Crippen LogP contribution is -2.34. The number of nitrogens with one attached hydrogen (secondary N) is 2. The molecule has 0 aliphatic heterocycles. The van der Waals surface area contributed by atoms with E-state index in [1.54, 1.807) is 19.1 Å². The third-order valence-corrected chi connectivity index (χ3v) is 4.30. The molecule has 1 amide bonds. The number of anilines is 1. The Balaban J connectivity index is 2.09. The highest BCUT2D eigenvalue weighted by Gasteiger charge is 2.16. The number of amides is 1. The SMILES string of the molecule is Cc1cc([N+](=O)[O-])c(Cl)cc1NC(=S)NC(=O)c1ccc(I)cc1. The minimum atomic E-state index is -0.560. The van der Waals surface area contributed by atoms with E-state index in [2.05, 4.69) is 33.2 Å². The molecule has 2 rings (SSSR count). The Morgan fingerprint density at radius 1 is 1.29 bits per heavy atom. The molecule has 0 unspecified atom stereocenters. The average molecular weight is 476 g/mol. The van der Waals surface area contributed by atoms with Crippen molar-refractivity contribution >= 4 is 68.8 Å². The summed E-state index contributed by atoms with van der Waals surface area (Å²) in [5, 5.41) is 16.3. The van der Waals surface area contributed by atoms with Gasteiger partial charge in [-0.3, -0.25) is 20.2 Å². The van der Waals surface area contributed by atoms with Crippen LogP contribution >= 0.6 is 46.4 Å². The van der Waals surface area contributed by atoms with E-state index >= 15 is 0 Å². The number of nitro benzene ring substituents is 1. The molecule has 24 heavy (non-hydrogen) atoms. The van der Waals surface area contributed by atoms with Crippen LogP contribution in [-0.4, -0.2) is 15.9 Å². The Morgan fingerprint density at radius 3 is 2.50 bits per heavy atom. The van der Waals surface area contributed by atoms with Crippen LogP contribution in [-0.2, 0) is 0 Å². The van der Waals surface area contributed by atoms with E-state index in [-0.39, 0.29) is 21.7 Å². The molecule has 0 atom stereocenters. The van der Waals surface area contributed by atoms with E-state index in [0.717, 1.165) is 3.57 Å². The second kappa shape index (κ2) is 7.86. The summed E-state index contributed by atoms with van der Waals surface area (Å²) in [4.78, 5) is 22.4. The molecular formula is C15H11ClIN3O3S. The van der Waals surface area contributed by atoms with Gasteiger partial charge in [0, 0.05) is 20.9 Å². The van der Waals surface area contributed by atoms with Gasteiger partial charge in [0.1, 0.15) is 5.02 Å². The van der Waals surface area contributed by atoms with E-state index in [4.69, 9.17) is 23.8 Å². The predicted octanol–water partition coefficient (Wildman–Crippen LogP) is 4.29. The van der Waals surface area contributed by atoms with Crippen LogP contribution in [0.5, 0.6) is 0 Å². The number of aryl methyl sites for hydroxylation is 1. The molecule has 2 aromatic rings. The number of hydrogen-bond acceptors (Lipinski definition) is 4. The van der Waals surface area contributed by atoms with E-state index in [1.807, 2.05) is 12.1 Å². The first-order valence-electron chi connectivity index (χ1n) is 6.60. The highest BCUT2D eigenvalue weighted by molar-refractivity contribution is 14.1. The number of hydrogen-bond donors (Lipinski definition) is 2. The van der Waals surface area contributed by atoms with E-state index in [1.165, 1.54) is 12.1 Å². The third-order valence-electron chi connectivity index (χ3n) is 3.07. The predicted molar refractivity (Wildman–Crippen MR) is 106 cm³/mol. The van der Waals surface area contributed by atoms with Crippen LogP contribution < -0.4 is 10.6 Å². The first kappa shape index (κ1) is 18.6. The first-order valence-corrected chi connectivity index (χ1v) is 8.47. The number of benzene rings is 2. The molecule has 124 valence electrons. The van der Waals surface area contributed by atoms with Gasteiger partial charge in [-0.05, 0) is 77.6 Å². The maximum absolute atomic E-state index is 12.1. The summed E-state index contributed by atoms with van der Waals surface area (Å²) in [5.74, 6) is -0.352. The number of carbonyl (C=O) groups is 1. The molecule has 0 fully saturated rings. The summed E-state index contributed by atoms with van der Waals surface area (Å²) in [7, 11) is 0. The molecule has 0 aromatic heterocycles. The molecule has 0 aliphatic rings. The average Bonchev–Trinajstić information content (AvgIpc) is 2.50. The number of rotatable bonds is 3. The zero-order valence-corrected chi connectivity index (χ0v) is 16.0. The Hall–Kier alpha value is -1.78. The van der Waals surface area contributed by atoms with Gasteiger partial charge in [0.05, 0.1) is 4.92 Å². The minimum Gasteiger partial charge on any atom is -0.332 e. The second-order valence-corrected chi connectivity index (χ2v) is 6.85. The maximum Gasteiger partial charge on any atom is 0.288 e. The smallest absolute Gasteiger partial charge is 0.288 e. The molecule has 0 radical (unpaired) electrons. The van der Waals surface area contributed by atoms with Gasteiger partial charge in [0.2, 0.25) is 0 Å². The van der Waals surface area contributed by atoms with Gasteiger partial charge in [-0.2, -0.15) is 0 Å². The molecule has 0 bridgehead atoms. The molecule has 0 saturated heterocycles. The molecule has 0 spiro atoms. The van der Waals surface area contributed by atoms with E-state index < -0.39 is 4.92 Å². The Bertz CT molecular complexity index is 827. The number of nitro groups is 1. The molecule has 0 saturated carbocycles. The monoisotopic (exact) mass is 475 g/mol. The van der Waals surface area contributed by atoms with Gasteiger partial charge in [0.15, 0.2) is 5.11 Å². The zero-order valence-electron chi connectivity index (χ0n) is 12.3. The summed E-state index contributed by atoms with van der Waals surface area (Å²) in [6, 6.07) is 9.74. The number of halogens is 2. The van der Waals surface area contributed by atoms with Gasteiger partial charge < -0.3 is 5.32 Å². The molecule has 9 heteroatoms. The largest absolute Gasteiger partial charge is 0.332 e. The normalized spacial score (nSPS) is 10.1. The highest BCUT2D eigenvalue weighted by atomic mass is 127. The van der Waals surface area contributed by atoms with Crippen LogP contribution in [0.4, 0.5) is 11.4 Å². The fourth-order valence-electron chi connectivity index (χ4n) is 1.87. The summed E-state index contributed by atoms with van der Waals surface area (Å²) in [6.07, 6.45) is 0. The van der Waals surface area contributed by atoms with Gasteiger partial charge >= 0.3 is 0 Å². The third kappa shape index (κ3) is 4.62. The van der Waals surface area contributed by atoms with Gasteiger partial charge in [-0.15, -0.1) is 0 Å². The Labute approximate surface area is 161 Å². The van der Waals surface area contributed by atoms with Crippen LogP contribution in [0.3, 0.4) is 0 Å². The fraction of sp³-hybridized carbons (Fsp3) is 0.0667. The van der Waals surface area contributed by atoms with Crippen LogP contribution in [0.2, 0.25) is 5.02 Å². The van der Waals surface area contributed by atoms with Crippen molar-refractivity contribution in [2.24, 2.45) is 0 Å². The van der Waals surface area contributed by atoms with Crippen LogP contribution in [0, 0.1) is 20.6 Å². The van der Waals surface area contributed by atoms with Crippen molar-refractivity contribution in [1.29, 1.82) is 0 Å². The van der Waals surface area contributed by atoms with E-state index in [0.29, 0.717) is 16.8 Å². The zero-order chi connectivity index (χ0) is 17.9. The van der Waals surface area contributed by atoms with Crippen molar-refractivity contribution in [3.8, 4) is 0 Å². The molecule has 2 N–H and O–H groups in total. The van der Waals surface area contributed by atoms with Gasteiger partial charge in [0.25, 0.3) is 11.6 Å². The number of thiocarbonyl (C=S) groups is 1. The van der Waals surface area contributed by atoms with Crippen molar-refractivity contribution in [3.05, 3.63) is 66.2 Å². The van der Waals surface area contributed by atoms with Crippen molar-refractivity contribution in [2.45, 2.75) is 6.92 Å². The number of carbonyl (C=O) groups excluding carboxylic acids is 1. The van der Waals surface area contributed by atoms with Crippen molar-refractivity contribution in [1.82, 2.24) is 5.32 Å². The maximum atomic E-state index is 12.1. The fourth-order valence-corrected chi connectivity index (χ4v) is 2.67. The summed E-state index contributed by atoms with van der Waals surface area (Å²) in [6.45, 7) is 1.68. The standard InChI is InChI=1S/C15H11ClIN3O3S/c1-8-6-13(20(22)23)11(16)7-12(8)18-15(24)19-14(21)9-2-4-10(17)5-3-9/h2-7H,1H3,(H2,18,19,21,24). The van der Waals surface area contributed by atoms with Gasteiger partial charge in [-0.25, -0.2) is 0 Å². The molecule has 6 nitrogen and oxygen atoms in total. The summed E-state index contributed by atoms with van der Waals surface area (Å²) in [5.41, 5.74) is 1.35. The lowest BCUT2D eigenvalue weighted by atomic mass is 10.2. The minimum absolute atomic E-state index is 0.0140. The van der Waals surface area contributed by atoms with Crippen LogP contribution in [0.1, 0.15) is 15.9 Å². The lowest BCUT2D eigenvalue weighted by Gasteiger charge is -2.12. The van der Waals surface area contributed by atoms with Crippen molar-refractivity contribution in [3.63, 3.8) is 0 Å². The molecule has 0 heterocycles. The quantitative estimate of drug-likeness (QED) is 0.299. The van der Waals surface area contributed by atoms with Crippen molar-refractivity contribution in [2.75, 3.05) is 5.32 Å². The van der Waals surface area contributed by atoms with Crippen molar-refractivity contribution < 1.29 is 9.72 Å². The molecule has 2 aromatic carbocycles. The van der Waals surface area contributed by atoms with Crippen LogP contribution in [0.25, 0.3) is 0 Å². The Morgan fingerprint density at radius 2 is 1.92 bits per heavy atom. The topological polar surface area (TPSA) is 84.3 Å². The summed E-state index contributed by atoms with van der Waals surface area (Å²) < 4.78 is 1.01. The van der Waals surface area contributed by atoms with Gasteiger partial charge in [-0.1, -0.05) is 11.6 Å². The molecular weight excluding hydrogens is 465 g/mol. The first-order chi connectivity index (χ1) is 11.3. The Kier molecular flexibility index (Phi) is 6.08. The van der Waals surface area contributed by atoms with Crippen LogP contribution in [0.15, 0.2) is 36.4 Å². The highest BCUT2D eigenvalue weighted by Crippen LogP contribution is 2.30. The number of nitrogens with zero attached hydrogens (tertiary/aromatic N) is 1. The summed E-state index contributed by atoms with van der Waals surface area (Å²) >= 11 is 13.1. The lowest BCUT2D eigenvalue weighted by molar-refractivity contribution is -0.384.